The van der Waals surface area contributed by atoms with E-state index in [0.29, 0.717) is 0 Å². The highest BCUT2D eigenvalue weighted by Crippen LogP contribution is 2.29. The molecule has 1 aliphatic rings. The molecule has 3 heterocycles. The second kappa shape index (κ2) is 6.58. The molecule has 0 radical (unpaired) electrons. The predicted octanol–water partition coefficient (Wildman–Crippen LogP) is 3.24. The minimum Gasteiger partial charge on any atom is -0.342 e. The zero-order valence-electron chi connectivity index (χ0n) is 15.8. The Morgan fingerprint density at radius 1 is 1.24 bits per heavy atom. The van der Waals surface area contributed by atoms with E-state index in [4.69, 9.17) is 0 Å². The molecule has 0 aromatic carbocycles. The molecule has 1 saturated heterocycles. The Bertz CT molecular complexity index is 738. The molecule has 1 N–H and O–H groups in total. The number of H-pyrrole nitrogens is 1. The summed E-state index contributed by atoms with van der Waals surface area (Å²) in [5.74, 6) is 0.472. The number of rotatable bonds is 2. The van der Waals surface area contributed by atoms with Gasteiger partial charge in [-0.3, -0.25) is 19.9 Å². The third-order valence-electron chi connectivity index (χ3n) is 4.82. The van der Waals surface area contributed by atoms with Gasteiger partial charge in [0.15, 0.2) is 0 Å². The lowest BCUT2D eigenvalue weighted by Gasteiger charge is -2.36. The van der Waals surface area contributed by atoms with Crippen molar-refractivity contribution in [1.29, 1.82) is 0 Å². The monoisotopic (exact) mass is 341 g/mol. The van der Waals surface area contributed by atoms with E-state index in [-0.39, 0.29) is 17.2 Å². The van der Waals surface area contributed by atoms with Crippen LogP contribution in [-0.2, 0) is 4.79 Å². The molecule has 2 aromatic heterocycles. The summed E-state index contributed by atoms with van der Waals surface area (Å²) < 4.78 is 0. The van der Waals surface area contributed by atoms with Crippen LogP contribution in [-0.4, -0.2) is 44.1 Å². The second-order valence-corrected chi connectivity index (χ2v) is 7.98. The number of hydrogen-bond donors (Lipinski definition) is 1. The quantitative estimate of drug-likeness (QED) is 0.910. The molecule has 2 aromatic rings. The summed E-state index contributed by atoms with van der Waals surface area (Å²) in [6.07, 6.45) is 5.74. The summed E-state index contributed by atoms with van der Waals surface area (Å²) in [7, 11) is 0. The van der Waals surface area contributed by atoms with E-state index in [0.717, 1.165) is 54.3 Å². The predicted molar refractivity (Wildman–Crippen MR) is 97.1 cm³/mol. The van der Waals surface area contributed by atoms with Crippen molar-refractivity contribution in [3.8, 4) is 11.3 Å². The number of aromatic amines is 1. The summed E-state index contributed by atoms with van der Waals surface area (Å²) in [4.78, 5) is 23.8. The van der Waals surface area contributed by atoms with Crippen molar-refractivity contribution in [2.24, 2.45) is 5.41 Å². The fourth-order valence-electron chi connectivity index (χ4n) is 3.48. The normalized spacial score (nSPS) is 18.4. The molecule has 0 bridgehead atoms. The summed E-state index contributed by atoms with van der Waals surface area (Å²) in [5.41, 5.74) is 4.42. The first-order valence-electron chi connectivity index (χ1n) is 8.90. The van der Waals surface area contributed by atoms with Crippen molar-refractivity contribution in [1.82, 2.24) is 25.1 Å². The van der Waals surface area contributed by atoms with E-state index in [1.807, 2.05) is 51.9 Å². The van der Waals surface area contributed by atoms with Gasteiger partial charge in [0.25, 0.3) is 0 Å². The lowest BCUT2D eigenvalue weighted by atomic mass is 9.90. The number of hydrogen-bond acceptors (Lipinski definition) is 4. The van der Waals surface area contributed by atoms with Crippen LogP contribution in [0.2, 0.25) is 0 Å². The van der Waals surface area contributed by atoms with Crippen LogP contribution in [0.1, 0.15) is 56.6 Å². The van der Waals surface area contributed by atoms with Crippen molar-refractivity contribution in [2.45, 2.75) is 53.4 Å². The highest BCUT2D eigenvalue weighted by molar-refractivity contribution is 5.81. The van der Waals surface area contributed by atoms with Gasteiger partial charge in [-0.1, -0.05) is 20.8 Å². The molecule has 1 aliphatic heterocycles. The molecule has 1 atom stereocenters. The fraction of sp³-hybridized carbons (Fsp3) is 0.579. The van der Waals surface area contributed by atoms with Gasteiger partial charge in [-0.15, -0.1) is 0 Å². The molecular weight excluding hydrogens is 314 g/mol. The Kier molecular flexibility index (Phi) is 4.62. The Morgan fingerprint density at radius 3 is 2.56 bits per heavy atom. The Morgan fingerprint density at radius 2 is 2.00 bits per heavy atom. The third kappa shape index (κ3) is 3.57. The average molecular weight is 341 g/mol. The van der Waals surface area contributed by atoms with Crippen LogP contribution >= 0.6 is 0 Å². The molecule has 0 saturated carbocycles. The van der Waals surface area contributed by atoms with E-state index >= 15 is 0 Å². The van der Waals surface area contributed by atoms with E-state index < -0.39 is 0 Å². The van der Waals surface area contributed by atoms with E-state index in [9.17, 15) is 4.79 Å². The molecule has 3 rings (SSSR count). The number of carbonyl (C=O) groups excluding carboxylic acids is 1. The Hall–Kier alpha value is -2.24. The second-order valence-electron chi connectivity index (χ2n) is 7.98. The number of carbonyl (C=O) groups is 1. The molecule has 0 aliphatic carbocycles. The summed E-state index contributed by atoms with van der Waals surface area (Å²) in [6, 6.07) is 0. The molecule has 25 heavy (non-hydrogen) atoms. The third-order valence-corrected chi connectivity index (χ3v) is 4.82. The maximum absolute atomic E-state index is 12.6. The maximum atomic E-state index is 12.6. The number of aryl methyl sites for hydroxylation is 2. The van der Waals surface area contributed by atoms with Gasteiger partial charge in [0.1, 0.15) is 0 Å². The smallest absolute Gasteiger partial charge is 0.227 e. The number of nitrogens with one attached hydrogen (secondary N) is 1. The largest absolute Gasteiger partial charge is 0.342 e. The van der Waals surface area contributed by atoms with Gasteiger partial charge in [-0.05, 0) is 26.7 Å². The zero-order valence-corrected chi connectivity index (χ0v) is 15.8. The topological polar surface area (TPSA) is 74.8 Å². The lowest BCUT2D eigenvalue weighted by Crippen LogP contribution is -2.44. The minimum absolute atomic E-state index is 0.214. The first-order valence-corrected chi connectivity index (χ1v) is 8.90. The van der Waals surface area contributed by atoms with Gasteiger partial charge in [-0.25, -0.2) is 0 Å². The minimum atomic E-state index is -0.340. The number of aromatic nitrogens is 4. The summed E-state index contributed by atoms with van der Waals surface area (Å²) in [6.45, 7) is 11.4. The molecule has 1 unspecified atom stereocenters. The highest BCUT2D eigenvalue weighted by Gasteiger charge is 2.32. The van der Waals surface area contributed by atoms with Crippen LogP contribution in [0, 0.1) is 19.3 Å². The van der Waals surface area contributed by atoms with Crippen LogP contribution < -0.4 is 0 Å². The molecule has 0 spiro atoms. The first-order chi connectivity index (χ1) is 11.8. The molecule has 6 heteroatoms. The Balaban J connectivity index is 1.77. The van der Waals surface area contributed by atoms with Gasteiger partial charge in [-0.2, -0.15) is 5.10 Å². The van der Waals surface area contributed by atoms with Crippen LogP contribution in [0.25, 0.3) is 11.3 Å². The van der Waals surface area contributed by atoms with Crippen LogP contribution in [0.15, 0.2) is 12.4 Å². The van der Waals surface area contributed by atoms with Crippen LogP contribution in [0.4, 0.5) is 0 Å². The number of piperidine rings is 1. The molecule has 134 valence electrons. The van der Waals surface area contributed by atoms with Gasteiger partial charge >= 0.3 is 0 Å². The Labute approximate surface area is 149 Å². The van der Waals surface area contributed by atoms with Gasteiger partial charge in [0.2, 0.25) is 5.91 Å². The van der Waals surface area contributed by atoms with Crippen molar-refractivity contribution in [2.75, 3.05) is 13.1 Å². The van der Waals surface area contributed by atoms with Gasteiger partial charge < -0.3 is 4.90 Å². The SMILES string of the molecule is Cc1n[nH]c(C)c1-c1cnc(C2CCCN(C(=O)C(C)(C)C)C2)cn1. The highest BCUT2D eigenvalue weighted by atomic mass is 16.2. The van der Waals surface area contributed by atoms with Gasteiger partial charge in [0, 0.05) is 41.9 Å². The van der Waals surface area contributed by atoms with Crippen molar-refractivity contribution >= 4 is 5.91 Å². The zero-order chi connectivity index (χ0) is 18.2. The molecular formula is C19H27N5O. The van der Waals surface area contributed by atoms with E-state index in [2.05, 4.69) is 20.2 Å². The van der Waals surface area contributed by atoms with Crippen molar-refractivity contribution < 1.29 is 4.79 Å². The average Bonchev–Trinajstić information content (AvgIpc) is 2.92. The van der Waals surface area contributed by atoms with Crippen LogP contribution in [0.3, 0.4) is 0 Å². The summed E-state index contributed by atoms with van der Waals surface area (Å²) >= 11 is 0. The molecule has 6 nitrogen and oxygen atoms in total. The lowest BCUT2D eigenvalue weighted by molar-refractivity contribution is -0.140. The number of amides is 1. The number of likely N-dealkylation sites (tertiary alicyclic amines) is 1. The van der Waals surface area contributed by atoms with E-state index in [1.165, 1.54) is 0 Å². The standard InChI is InChI=1S/C19H27N5O/c1-12-17(13(2)23-22-12)16-10-20-15(9-21-16)14-7-6-8-24(11-14)18(25)19(3,4)5/h9-10,14H,6-8,11H2,1-5H3,(H,22,23). The van der Waals surface area contributed by atoms with Crippen molar-refractivity contribution in [3.63, 3.8) is 0 Å². The van der Waals surface area contributed by atoms with Crippen LogP contribution in [0.5, 0.6) is 0 Å². The van der Waals surface area contributed by atoms with Crippen molar-refractivity contribution in [3.05, 3.63) is 29.5 Å². The fourth-order valence-corrected chi connectivity index (χ4v) is 3.48. The van der Waals surface area contributed by atoms with Gasteiger partial charge in [0.05, 0.1) is 23.3 Å². The molecule has 1 fully saturated rings. The molecule has 1 amide bonds. The number of nitrogens with zero attached hydrogens (tertiary/aromatic N) is 4. The maximum Gasteiger partial charge on any atom is 0.227 e. The summed E-state index contributed by atoms with van der Waals surface area (Å²) in [5, 5.41) is 7.20. The first kappa shape index (κ1) is 17.6. The van der Waals surface area contributed by atoms with E-state index in [1.54, 1.807) is 0 Å².